The van der Waals surface area contributed by atoms with Gasteiger partial charge in [0.15, 0.2) is 6.61 Å². The van der Waals surface area contributed by atoms with Crippen molar-refractivity contribution < 1.29 is 22.3 Å². The van der Waals surface area contributed by atoms with Crippen LogP contribution in [0.5, 0.6) is 5.75 Å². The molecule has 0 saturated carbocycles. The zero-order valence-electron chi connectivity index (χ0n) is 14.8. The van der Waals surface area contributed by atoms with Gasteiger partial charge in [0.2, 0.25) is 10.0 Å². The number of hydrogen-bond acceptors (Lipinski definition) is 4. The van der Waals surface area contributed by atoms with Crippen molar-refractivity contribution in [3.05, 3.63) is 57.3 Å². The number of aryl methyl sites for hydroxylation is 1. The van der Waals surface area contributed by atoms with Gasteiger partial charge in [0.05, 0.1) is 5.02 Å². The van der Waals surface area contributed by atoms with Gasteiger partial charge in [-0.15, -0.1) is 0 Å². The monoisotopic (exact) mass is 446 g/mol. The summed E-state index contributed by atoms with van der Waals surface area (Å²) in [5.41, 5.74) is 1.09. The molecule has 0 aromatic heterocycles. The van der Waals surface area contributed by atoms with Gasteiger partial charge in [-0.3, -0.25) is 4.79 Å². The second kappa shape index (κ2) is 8.24. The number of nitrogens with zero attached hydrogens (tertiary/aromatic N) is 1. The molecule has 0 spiro atoms. The molecular weight excluding hydrogens is 430 g/mol. The van der Waals surface area contributed by atoms with Gasteiger partial charge in [0, 0.05) is 30.2 Å². The van der Waals surface area contributed by atoms with E-state index in [2.05, 4.69) is 4.72 Å². The first-order chi connectivity index (χ1) is 13.2. The van der Waals surface area contributed by atoms with Gasteiger partial charge in [0.25, 0.3) is 5.91 Å². The Hall–Kier alpha value is -1.87. The average Bonchev–Trinajstić information content (AvgIpc) is 2.77. The lowest BCUT2D eigenvalue weighted by atomic mass is 10.2. The highest BCUT2D eigenvalue weighted by Crippen LogP contribution is 2.28. The van der Waals surface area contributed by atoms with Crippen LogP contribution in [0.15, 0.2) is 35.2 Å². The molecular formula is C18H17Cl2FN2O4S. The maximum atomic E-state index is 13.5. The van der Waals surface area contributed by atoms with Gasteiger partial charge < -0.3 is 9.64 Å². The van der Waals surface area contributed by atoms with Crippen molar-refractivity contribution in [3.8, 4) is 5.75 Å². The van der Waals surface area contributed by atoms with Crippen LogP contribution in [-0.2, 0) is 21.4 Å². The summed E-state index contributed by atoms with van der Waals surface area (Å²) in [5.74, 6) is -0.331. The Labute approximate surface area is 172 Å². The number of ether oxygens (including phenoxy) is 1. The standard InChI is InChI=1S/C18H17Cl2FN2O4S/c1-11-6-17(15(20)8-14(11)19)28(25,26)22-4-5-23-9-12-7-13(21)2-3-16(12)27-10-18(23)24/h2-3,6-8,22H,4-5,9-10H2,1H3. The molecule has 0 saturated heterocycles. The molecule has 1 aliphatic heterocycles. The first-order valence-corrected chi connectivity index (χ1v) is 10.6. The van der Waals surface area contributed by atoms with Crippen LogP contribution in [0.1, 0.15) is 11.1 Å². The zero-order chi connectivity index (χ0) is 20.5. The van der Waals surface area contributed by atoms with Gasteiger partial charge in [-0.2, -0.15) is 0 Å². The van der Waals surface area contributed by atoms with E-state index < -0.39 is 15.8 Å². The number of halogens is 3. The van der Waals surface area contributed by atoms with E-state index >= 15 is 0 Å². The van der Waals surface area contributed by atoms with Crippen molar-refractivity contribution in [2.75, 3.05) is 19.7 Å². The summed E-state index contributed by atoms with van der Waals surface area (Å²) in [6.07, 6.45) is 0. The Kier molecular flexibility index (Phi) is 6.14. The number of benzene rings is 2. The van der Waals surface area contributed by atoms with Crippen molar-refractivity contribution in [3.63, 3.8) is 0 Å². The Morgan fingerprint density at radius 2 is 1.96 bits per heavy atom. The van der Waals surface area contributed by atoms with Gasteiger partial charge in [0.1, 0.15) is 16.5 Å². The lowest BCUT2D eigenvalue weighted by Crippen LogP contribution is -2.39. The fourth-order valence-corrected chi connectivity index (χ4v) is 4.62. The largest absolute Gasteiger partial charge is 0.483 e. The van der Waals surface area contributed by atoms with Gasteiger partial charge in [-0.1, -0.05) is 23.2 Å². The Morgan fingerprint density at radius 3 is 2.71 bits per heavy atom. The Morgan fingerprint density at radius 1 is 1.21 bits per heavy atom. The van der Waals surface area contributed by atoms with Crippen molar-refractivity contribution in [1.82, 2.24) is 9.62 Å². The number of carbonyl (C=O) groups excluding carboxylic acids is 1. The minimum Gasteiger partial charge on any atom is -0.483 e. The Bertz CT molecular complexity index is 1030. The molecule has 28 heavy (non-hydrogen) atoms. The van der Waals surface area contributed by atoms with Gasteiger partial charge in [-0.25, -0.2) is 17.5 Å². The van der Waals surface area contributed by atoms with E-state index in [1.807, 2.05) is 0 Å². The molecule has 150 valence electrons. The molecule has 0 radical (unpaired) electrons. The van der Waals surface area contributed by atoms with Crippen molar-refractivity contribution in [2.45, 2.75) is 18.4 Å². The molecule has 1 aliphatic rings. The average molecular weight is 447 g/mol. The zero-order valence-corrected chi connectivity index (χ0v) is 17.2. The maximum Gasteiger partial charge on any atom is 0.260 e. The van der Waals surface area contributed by atoms with Crippen LogP contribution in [-0.4, -0.2) is 38.9 Å². The number of amides is 1. The van der Waals surface area contributed by atoms with Crippen LogP contribution in [0.3, 0.4) is 0 Å². The maximum absolute atomic E-state index is 13.5. The molecule has 1 heterocycles. The van der Waals surface area contributed by atoms with Crippen molar-refractivity contribution >= 4 is 39.1 Å². The van der Waals surface area contributed by atoms with Crippen LogP contribution in [0.25, 0.3) is 0 Å². The smallest absolute Gasteiger partial charge is 0.260 e. The third-order valence-electron chi connectivity index (χ3n) is 4.26. The first kappa shape index (κ1) is 20.9. The molecule has 10 heteroatoms. The highest BCUT2D eigenvalue weighted by Gasteiger charge is 2.23. The summed E-state index contributed by atoms with van der Waals surface area (Å²) in [4.78, 5) is 13.5. The molecule has 0 atom stereocenters. The summed E-state index contributed by atoms with van der Waals surface area (Å²) < 4.78 is 46.3. The molecule has 3 rings (SSSR count). The van der Waals surface area contributed by atoms with Crippen molar-refractivity contribution in [2.24, 2.45) is 0 Å². The highest BCUT2D eigenvalue weighted by atomic mass is 35.5. The minimum atomic E-state index is -3.89. The lowest BCUT2D eigenvalue weighted by molar-refractivity contribution is -0.133. The van der Waals surface area contributed by atoms with E-state index in [4.69, 9.17) is 27.9 Å². The molecule has 2 aromatic carbocycles. The number of hydrogen-bond donors (Lipinski definition) is 1. The lowest BCUT2D eigenvalue weighted by Gasteiger charge is -2.20. The fourth-order valence-electron chi connectivity index (χ4n) is 2.77. The van der Waals surface area contributed by atoms with E-state index in [9.17, 15) is 17.6 Å². The first-order valence-electron chi connectivity index (χ1n) is 8.31. The predicted molar refractivity (Wildman–Crippen MR) is 104 cm³/mol. The van der Waals surface area contributed by atoms with E-state index in [0.29, 0.717) is 21.9 Å². The molecule has 1 N–H and O–H groups in total. The normalized spacial score (nSPS) is 14.4. The second-order valence-electron chi connectivity index (χ2n) is 6.29. The second-order valence-corrected chi connectivity index (χ2v) is 8.84. The van der Waals surface area contributed by atoms with E-state index in [-0.39, 0.29) is 42.1 Å². The molecule has 0 bridgehead atoms. The number of carbonyl (C=O) groups is 1. The highest BCUT2D eigenvalue weighted by molar-refractivity contribution is 7.89. The SMILES string of the molecule is Cc1cc(S(=O)(=O)NCCN2Cc3cc(F)ccc3OCC2=O)c(Cl)cc1Cl. The molecule has 0 unspecified atom stereocenters. The summed E-state index contributed by atoms with van der Waals surface area (Å²) >= 11 is 12.0. The number of rotatable bonds is 5. The van der Waals surface area contributed by atoms with Crippen LogP contribution in [0.4, 0.5) is 4.39 Å². The van der Waals surface area contributed by atoms with E-state index in [1.54, 1.807) is 6.92 Å². The summed E-state index contributed by atoms with van der Waals surface area (Å²) in [6.45, 7) is 1.63. The minimum absolute atomic E-state index is 0.00625. The van der Waals surface area contributed by atoms with Crippen LogP contribution >= 0.6 is 23.2 Å². The number of sulfonamides is 1. The van der Waals surface area contributed by atoms with Crippen LogP contribution in [0, 0.1) is 12.7 Å². The predicted octanol–water partition coefficient (Wildman–Crippen LogP) is 3.14. The fraction of sp³-hybridized carbons (Fsp3) is 0.278. The number of nitrogens with one attached hydrogen (secondary N) is 1. The topological polar surface area (TPSA) is 75.7 Å². The van der Waals surface area contributed by atoms with Gasteiger partial charge in [-0.05, 0) is 42.8 Å². The summed E-state index contributed by atoms with van der Waals surface area (Å²) in [7, 11) is -3.89. The van der Waals surface area contributed by atoms with E-state index in [0.717, 1.165) is 0 Å². The molecule has 0 aliphatic carbocycles. The molecule has 2 aromatic rings. The summed E-state index contributed by atoms with van der Waals surface area (Å²) in [5, 5.41) is 0.372. The molecule has 0 fully saturated rings. The molecule has 6 nitrogen and oxygen atoms in total. The van der Waals surface area contributed by atoms with Crippen LogP contribution in [0.2, 0.25) is 10.0 Å². The van der Waals surface area contributed by atoms with Crippen molar-refractivity contribution in [1.29, 1.82) is 0 Å². The Balaban J connectivity index is 1.70. The molecule has 1 amide bonds. The third kappa shape index (κ3) is 4.57. The van der Waals surface area contributed by atoms with E-state index in [1.165, 1.54) is 35.2 Å². The third-order valence-corrected chi connectivity index (χ3v) is 6.60. The quantitative estimate of drug-likeness (QED) is 0.765. The number of fused-ring (bicyclic) bond motifs is 1. The van der Waals surface area contributed by atoms with Crippen LogP contribution < -0.4 is 9.46 Å². The summed E-state index contributed by atoms with van der Waals surface area (Å²) in [6, 6.07) is 6.77. The van der Waals surface area contributed by atoms with Gasteiger partial charge >= 0.3 is 0 Å².